The summed E-state index contributed by atoms with van der Waals surface area (Å²) in [6.45, 7) is 12.2. The third kappa shape index (κ3) is 7.25. The molecule has 108 valence electrons. The molecular weight excluding hydrogens is 232 g/mol. The van der Waals surface area contributed by atoms with Crippen molar-refractivity contribution in [2.24, 2.45) is 17.8 Å². The summed E-state index contributed by atoms with van der Waals surface area (Å²) in [4.78, 5) is 0. The molecule has 0 spiro atoms. The maximum absolute atomic E-state index is 5.74. The van der Waals surface area contributed by atoms with Crippen LogP contribution in [-0.4, -0.2) is 6.61 Å². The molecule has 0 aliphatic rings. The molecule has 1 rings (SSSR count). The van der Waals surface area contributed by atoms with E-state index >= 15 is 0 Å². The molecule has 1 aromatic carbocycles. The number of ether oxygens (including phenoxy) is 1. The lowest BCUT2D eigenvalue weighted by molar-refractivity contribution is 0.289. The van der Waals surface area contributed by atoms with Gasteiger partial charge in [0.2, 0.25) is 0 Å². The first kappa shape index (κ1) is 16.1. The molecule has 0 radical (unpaired) electrons. The van der Waals surface area contributed by atoms with Gasteiger partial charge in [-0.25, -0.2) is 0 Å². The van der Waals surface area contributed by atoms with Crippen LogP contribution >= 0.6 is 0 Å². The Kier molecular flexibility index (Phi) is 6.97. The van der Waals surface area contributed by atoms with Gasteiger partial charge in [-0.3, -0.25) is 0 Å². The normalized spacial score (nSPS) is 13.0. The van der Waals surface area contributed by atoms with Crippen LogP contribution in [0.5, 0.6) is 5.75 Å². The van der Waals surface area contributed by atoms with Crippen LogP contribution in [0.15, 0.2) is 24.3 Å². The Morgan fingerprint density at radius 2 is 1.53 bits per heavy atom. The summed E-state index contributed by atoms with van der Waals surface area (Å²) in [6.07, 6.45) is 3.59. The molecular formula is C18H30O. The Hall–Kier alpha value is -0.980. The Morgan fingerprint density at radius 1 is 0.895 bits per heavy atom. The van der Waals surface area contributed by atoms with Crippen molar-refractivity contribution < 1.29 is 4.74 Å². The van der Waals surface area contributed by atoms with Crippen LogP contribution in [-0.2, 0) is 6.42 Å². The molecule has 1 aromatic rings. The fourth-order valence-corrected chi connectivity index (χ4v) is 2.42. The number of hydrogen-bond donors (Lipinski definition) is 0. The zero-order valence-corrected chi connectivity index (χ0v) is 13.3. The minimum atomic E-state index is 0.705. The smallest absolute Gasteiger partial charge is 0.119 e. The average molecular weight is 262 g/mol. The van der Waals surface area contributed by atoms with E-state index in [1.807, 2.05) is 0 Å². The van der Waals surface area contributed by atoms with Crippen LogP contribution in [0.1, 0.15) is 53.0 Å². The van der Waals surface area contributed by atoms with Crippen LogP contribution < -0.4 is 4.74 Å². The first-order valence-corrected chi connectivity index (χ1v) is 7.69. The molecule has 0 aromatic heterocycles. The molecule has 0 N–H and O–H groups in total. The summed E-state index contributed by atoms with van der Waals surface area (Å²) >= 11 is 0. The van der Waals surface area contributed by atoms with Gasteiger partial charge in [0, 0.05) is 0 Å². The molecule has 0 saturated carbocycles. The van der Waals surface area contributed by atoms with Crippen LogP contribution in [0.4, 0.5) is 0 Å². The van der Waals surface area contributed by atoms with Crippen molar-refractivity contribution in [3.05, 3.63) is 29.8 Å². The predicted octanol–water partition coefficient (Wildman–Crippen LogP) is 5.34. The topological polar surface area (TPSA) is 9.23 Å². The quantitative estimate of drug-likeness (QED) is 0.614. The Bertz CT molecular complexity index is 337. The molecule has 0 unspecified atom stereocenters. The van der Waals surface area contributed by atoms with Gasteiger partial charge in [0.1, 0.15) is 5.75 Å². The van der Waals surface area contributed by atoms with Crippen LogP contribution in [0.2, 0.25) is 0 Å². The van der Waals surface area contributed by atoms with Crippen molar-refractivity contribution in [1.29, 1.82) is 0 Å². The van der Waals surface area contributed by atoms with Gasteiger partial charge in [-0.1, -0.05) is 46.8 Å². The summed E-state index contributed by atoms with van der Waals surface area (Å²) < 4.78 is 5.74. The molecule has 1 heteroatoms. The molecule has 0 amide bonds. The fraction of sp³-hybridized carbons (Fsp3) is 0.667. The highest BCUT2D eigenvalue weighted by molar-refractivity contribution is 5.27. The van der Waals surface area contributed by atoms with E-state index in [-0.39, 0.29) is 0 Å². The van der Waals surface area contributed by atoms with E-state index in [0.717, 1.165) is 30.6 Å². The summed E-state index contributed by atoms with van der Waals surface area (Å²) in [5, 5.41) is 0. The summed E-state index contributed by atoms with van der Waals surface area (Å²) in [5.74, 6) is 3.25. The Balaban J connectivity index is 2.38. The van der Waals surface area contributed by atoms with Crippen molar-refractivity contribution >= 4 is 0 Å². The van der Waals surface area contributed by atoms with Crippen LogP contribution in [0.3, 0.4) is 0 Å². The number of rotatable bonds is 8. The predicted molar refractivity (Wildman–Crippen MR) is 83.7 cm³/mol. The highest BCUT2D eigenvalue weighted by Crippen LogP contribution is 2.19. The van der Waals surface area contributed by atoms with Gasteiger partial charge >= 0.3 is 0 Å². The Labute approximate surface area is 119 Å². The van der Waals surface area contributed by atoms with E-state index in [9.17, 15) is 0 Å². The first-order chi connectivity index (χ1) is 8.97. The average Bonchev–Trinajstić information content (AvgIpc) is 2.29. The maximum Gasteiger partial charge on any atom is 0.119 e. The second-order valence-electron chi connectivity index (χ2n) is 6.61. The molecule has 0 aliphatic carbocycles. The lowest BCUT2D eigenvalue weighted by atomic mass is 9.93. The van der Waals surface area contributed by atoms with Crippen molar-refractivity contribution in [3.8, 4) is 5.75 Å². The SMILES string of the molecule is CC(C)CCOc1ccc(C[C@@H](C)CC(C)C)cc1. The van der Waals surface area contributed by atoms with E-state index in [0.29, 0.717) is 5.92 Å². The van der Waals surface area contributed by atoms with E-state index < -0.39 is 0 Å². The molecule has 1 nitrogen and oxygen atoms in total. The van der Waals surface area contributed by atoms with Gasteiger partial charge in [0.05, 0.1) is 6.61 Å². The fourth-order valence-electron chi connectivity index (χ4n) is 2.42. The van der Waals surface area contributed by atoms with Gasteiger partial charge in [-0.15, -0.1) is 0 Å². The summed E-state index contributed by atoms with van der Waals surface area (Å²) in [7, 11) is 0. The van der Waals surface area contributed by atoms with E-state index in [1.54, 1.807) is 0 Å². The third-order valence-corrected chi connectivity index (χ3v) is 3.35. The number of hydrogen-bond acceptors (Lipinski definition) is 1. The molecule has 1 atom stereocenters. The molecule has 0 bridgehead atoms. The molecule has 19 heavy (non-hydrogen) atoms. The minimum absolute atomic E-state index is 0.705. The van der Waals surface area contributed by atoms with E-state index in [4.69, 9.17) is 4.74 Å². The van der Waals surface area contributed by atoms with Gasteiger partial charge < -0.3 is 4.74 Å². The van der Waals surface area contributed by atoms with Crippen LogP contribution in [0.25, 0.3) is 0 Å². The molecule has 0 aliphatic heterocycles. The molecule has 0 fully saturated rings. The lowest BCUT2D eigenvalue weighted by Crippen LogP contribution is -2.04. The standard InChI is InChI=1S/C18H30O/c1-14(2)10-11-19-18-8-6-17(7-9-18)13-16(5)12-15(3)4/h6-9,14-16H,10-13H2,1-5H3/t16-/m0/s1. The third-order valence-electron chi connectivity index (χ3n) is 3.35. The molecule has 0 saturated heterocycles. The van der Waals surface area contributed by atoms with Crippen LogP contribution in [0, 0.1) is 17.8 Å². The van der Waals surface area contributed by atoms with Gasteiger partial charge in [-0.05, 0) is 54.7 Å². The van der Waals surface area contributed by atoms with Crippen molar-refractivity contribution in [2.45, 2.75) is 53.9 Å². The number of benzene rings is 1. The van der Waals surface area contributed by atoms with E-state index in [1.165, 1.54) is 18.4 Å². The lowest BCUT2D eigenvalue weighted by Gasteiger charge is -2.14. The minimum Gasteiger partial charge on any atom is -0.494 e. The monoisotopic (exact) mass is 262 g/mol. The van der Waals surface area contributed by atoms with Crippen molar-refractivity contribution in [2.75, 3.05) is 6.61 Å². The zero-order chi connectivity index (χ0) is 14.3. The Morgan fingerprint density at radius 3 is 2.05 bits per heavy atom. The first-order valence-electron chi connectivity index (χ1n) is 7.69. The second kappa shape index (κ2) is 8.24. The second-order valence-corrected chi connectivity index (χ2v) is 6.61. The zero-order valence-electron chi connectivity index (χ0n) is 13.3. The highest BCUT2D eigenvalue weighted by Gasteiger charge is 2.06. The maximum atomic E-state index is 5.74. The molecule has 0 heterocycles. The highest BCUT2D eigenvalue weighted by atomic mass is 16.5. The van der Waals surface area contributed by atoms with Gasteiger partial charge in [-0.2, -0.15) is 0 Å². The van der Waals surface area contributed by atoms with Gasteiger partial charge in [0.25, 0.3) is 0 Å². The van der Waals surface area contributed by atoms with Crippen molar-refractivity contribution in [1.82, 2.24) is 0 Å². The van der Waals surface area contributed by atoms with E-state index in [2.05, 4.69) is 58.9 Å². The summed E-state index contributed by atoms with van der Waals surface area (Å²) in [6, 6.07) is 8.64. The summed E-state index contributed by atoms with van der Waals surface area (Å²) in [5.41, 5.74) is 1.42. The van der Waals surface area contributed by atoms with Gasteiger partial charge in [0.15, 0.2) is 0 Å². The largest absolute Gasteiger partial charge is 0.494 e. The van der Waals surface area contributed by atoms with Crippen molar-refractivity contribution in [3.63, 3.8) is 0 Å².